The minimum absolute atomic E-state index is 0.0366. The van der Waals surface area contributed by atoms with Crippen LogP contribution in [0.25, 0.3) is 0 Å². The number of hydrogen-bond acceptors (Lipinski definition) is 4. The molecule has 0 unspecified atom stereocenters. The fraction of sp³-hybridized carbons (Fsp3) is 0.333. The van der Waals surface area contributed by atoms with Gasteiger partial charge in [-0.05, 0) is 42.5 Å². The number of aliphatic imine (C=N–C) groups is 1. The number of nitrogens with one attached hydrogen (secondary N) is 1. The Morgan fingerprint density at radius 3 is 2.78 bits per heavy atom. The van der Waals surface area contributed by atoms with Gasteiger partial charge < -0.3 is 20.5 Å². The first-order valence-corrected chi connectivity index (χ1v) is 8.38. The summed E-state index contributed by atoms with van der Waals surface area (Å²) < 4.78 is 46.9. The third-order valence-electron chi connectivity index (χ3n) is 3.77. The maximum atomic E-state index is 12.5. The summed E-state index contributed by atoms with van der Waals surface area (Å²) in [4.78, 5) is 8.28. The third-order valence-corrected chi connectivity index (χ3v) is 3.77. The molecule has 0 aliphatic heterocycles. The van der Waals surface area contributed by atoms with Crippen molar-refractivity contribution in [2.75, 3.05) is 11.9 Å². The number of rotatable bonds is 7. The van der Waals surface area contributed by atoms with E-state index in [0.29, 0.717) is 18.4 Å². The highest BCUT2D eigenvalue weighted by Crippen LogP contribution is 2.30. The second-order valence-electron chi connectivity index (χ2n) is 6.13. The second kappa shape index (κ2) is 8.15. The van der Waals surface area contributed by atoms with Crippen molar-refractivity contribution in [2.45, 2.75) is 25.7 Å². The summed E-state index contributed by atoms with van der Waals surface area (Å²) in [5.41, 5.74) is 6.67. The van der Waals surface area contributed by atoms with Gasteiger partial charge in [0.25, 0.3) is 0 Å². The van der Waals surface area contributed by atoms with E-state index in [4.69, 9.17) is 10.5 Å². The molecular weight excluding hydrogens is 361 g/mol. The van der Waals surface area contributed by atoms with Crippen LogP contribution in [0.1, 0.15) is 18.4 Å². The van der Waals surface area contributed by atoms with E-state index in [-0.39, 0.29) is 23.9 Å². The van der Waals surface area contributed by atoms with E-state index >= 15 is 0 Å². The Labute approximate surface area is 154 Å². The van der Waals surface area contributed by atoms with Gasteiger partial charge in [0.2, 0.25) is 5.88 Å². The lowest BCUT2D eigenvalue weighted by Gasteiger charge is -2.14. The molecule has 2 aromatic rings. The van der Waals surface area contributed by atoms with E-state index in [2.05, 4.69) is 20.0 Å². The SMILES string of the molecule is NC(=NCc1ccnc(OCC2CC2)c1)Nc1ccccc1OC(F)(F)F. The molecule has 0 bridgehead atoms. The predicted octanol–water partition coefficient (Wildman–Crippen LogP) is 3.70. The van der Waals surface area contributed by atoms with Crippen LogP contribution in [0.3, 0.4) is 0 Å². The molecule has 1 fully saturated rings. The Hall–Kier alpha value is -2.97. The Balaban J connectivity index is 1.60. The third kappa shape index (κ3) is 6.36. The average Bonchev–Trinajstić information content (AvgIpc) is 3.44. The number of hydrogen-bond donors (Lipinski definition) is 2. The molecule has 1 saturated carbocycles. The summed E-state index contributed by atoms with van der Waals surface area (Å²) in [5, 5.41) is 2.62. The number of anilines is 1. The molecule has 0 amide bonds. The van der Waals surface area contributed by atoms with Crippen molar-refractivity contribution in [3.8, 4) is 11.6 Å². The van der Waals surface area contributed by atoms with Crippen LogP contribution in [0.2, 0.25) is 0 Å². The van der Waals surface area contributed by atoms with Gasteiger partial charge in [0.1, 0.15) is 0 Å². The molecule has 1 aromatic carbocycles. The number of alkyl halides is 3. The van der Waals surface area contributed by atoms with Crippen LogP contribution in [0.4, 0.5) is 18.9 Å². The van der Waals surface area contributed by atoms with Crippen LogP contribution >= 0.6 is 0 Å². The van der Waals surface area contributed by atoms with Crippen LogP contribution in [-0.4, -0.2) is 23.9 Å². The zero-order valence-electron chi connectivity index (χ0n) is 14.4. The Kier molecular flexibility index (Phi) is 5.68. The van der Waals surface area contributed by atoms with Crippen molar-refractivity contribution in [1.82, 2.24) is 4.98 Å². The van der Waals surface area contributed by atoms with Crippen molar-refractivity contribution in [3.63, 3.8) is 0 Å². The highest BCUT2D eigenvalue weighted by molar-refractivity contribution is 5.93. The number of nitrogens with zero attached hydrogens (tertiary/aromatic N) is 2. The number of halogens is 3. The smallest absolute Gasteiger partial charge is 0.477 e. The van der Waals surface area contributed by atoms with E-state index in [0.717, 1.165) is 5.56 Å². The van der Waals surface area contributed by atoms with Gasteiger partial charge in [-0.1, -0.05) is 12.1 Å². The standard InChI is InChI=1S/C18H19F3N4O2/c19-18(20,21)27-15-4-2-1-3-14(15)25-17(22)24-10-13-7-8-23-16(9-13)26-11-12-5-6-12/h1-4,7-9,12H,5-6,10-11H2,(H3,22,24,25). The Bertz CT molecular complexity index is 807. The lowest BCUT2D eigenvalue weighted by Crippen LogP contribution is -2.24. The molecular formula is C18H19F3N4O2. The molecule has 27 heavy (non-hydrogen) atoms. The van der Waals surface area contributed by atoms with Crippen molar-refractivity contribution in [2.24, 2.45) is 16.6 Å². The molecule has 0 radical (unpaired) electrons. The van der Waals surface area contributed by atoms with Crippen molar-refractivity contribution < 1.29 is 22.6 Å². The average molecular weight is 380 g/mol. The van der Waals surface area contributed by atoms with Gasteiger partial charge in [0.15, 0.2) is 11.7 Å². The predicted molar refractivity (Wildman–Crippen MR) is 94.5 cm³/mol. The van der Waals surface area contributed by atoms with Crippen LogP contribution in [0.5, 0.6) is 11.6 Å². The van der Waals surface area contributed by atoms with E-state index in [1.54, 1.807) is 24.4 Å². The van der Waals surface area contributed by atoms with Crippen LogP contribution in [-0.2, 0) is 6.54 Å². The monoisotopic (exact) mass is 380 g/mol. The molecule has 1 aromatic heterocycles. The van der Waals surface area contributed by atoms with E-state index < -0.39 is 6.36 Å². The summed E-state index contributed by atoms with van der Waals surface area (Å²) in [7, 11) is 0. The number of benzene rings is 1. The molecule has 0 saturated heterocycles. The summed E-state index contributed by atoms with van der Waals surface area (Å²) in [6, 6.07) is 9.13. The van der Waals surface area contributed by atoms with Gasteiger partial charge in [-0.25, -0.2) is 9.98 Å². The highest BCUT2D eigenvalue weighted by atomic mass is 19.4. The normalized spacial score (nSPS) is 14.7. The van der Waals surface area contributed by atoms with E-state index in [1.807, 2.05) is 0 Å². The van der Waals surface area contributed by atoms with Crippen LogP contribution < -0.4 is 20.5 Å². The first-order chi connectivity index (χ1) is 12.9. The van der Waals surface area contributed by atoms with Gasteiger partial charge >= 0.3 is 6.36 Å². The molecule has 144 valence electrons. The molecule has 0 atom stereocenters. The molecule has 1 aliphatic rings. The van der Waals surface area contributed by atoms with Gasteiger partial charge in [0, 0.05) is 12.3 Å². The first kappa shape index (κ1) is 18.8. The summed E-state index contributed by atoms with van der Waals surface area (Å²) in [5.74, 6) is 0.714. The Morgan fingerprint density at radius 2 is 2.04 bits per heavy atom. The topological polar surface area (TPSA) is 81.8 Å². The van der Waals surface area contributed by atoms with Gasteiger partial charge in [-0.15, -0.1) is 13.2 Å². The molecule has 1 aliphatic carbocycles. The highest BCUT2D eigenvalue weighted by Gasteiger charge is 2.32. The maximum absolute atomic E-state index is 12.5. The summed E-state index contributed by atoms with van der Waals surface area (Å²) >= 11 is 0. The maximum Gasteiger partial charge on any atom is 0.573 e. The fourth-order valence-electron chi connectivity index (χ4n) is 2.25. The number of para-hydroxylation sites is 2. The molecule has 6 nitrogen and oxygen atoms in total. The molecule has 3 rings (SSSR count). The van der Waals surface area contributed by atoms with Crippen LogP contribution in [0, 0.1) is 5.92 Å². The number of guanidine groups is 1. The number of ether oxygens (including phenoxy) is 2. The summed E-state index contributed by atoms with van der Waals surface area (Å²) in [6.45, 7) is 0.878. The first-order valence-electron chi connectivity index (χ1n) is 8.38. The zero-order valence-corrected chi connectivity index (χ0v) is 14.4. The van der Waals surface area contributed by atoms with Gasteiger partial charge in [-0.3, -0.25) is 0 Å². The minimum Gasteiger partial charge on any atom is -0.477 e. The van der Waals surface area contributed by atoms with Gasteiger partial charge in [0.05, 0.1) is 18.8 Å². The van der Waals surface area contributed by atoms with Crippen molar-refractivity contribution in [3.05, 3.63) is 48.2 Å². The lowest BCUT2D eigenvalue weighted by atomic mass is 10.2. The number of nitrogens with two attached hydrogens (primary N) is 1. The number of pyridine rings is 1. The van der Waals surface area contributed by atoms with Crippen molar-refractivity contribution in [1.29, 1.82) is 0 Å². The van der Waals surface area contributed by atoms with E-state index in [9.17, 15) is 13.2 Å². The summed E-state index contributed by atoms with van der Waals surface area (Å²) in [6.07, 6.45) is -0.807. The van der Waals surface area contributed by atoms with Crippen LogP contribution in [0.15, 0.2) is 47.6 Å². The molecule has 9 heteroatoms. The van der Waals surface area contributed by atoms with Crippen molar-refractivity contribution >= 4 is 11.6 Å². The zero-order chi connectivity index (χ0) is 19.3. The molecule has 1 heterocycles. The molecule has 3 N–H and O–H groups in total. The van der Waals surface area contributed by atoms with E-state index in [1.165, 1.54) is 31.0 Å². The number of aromatic nitrogens is 1. The molecule has 0 spiro atoms. The Morgan fingerprint density at radius 1 is 1.26 bits per heavy atom. The second-order valence-corrected chi connectivity index (χ2v) is 6.13. The minimum atomic E-state index is -4.79. The lowest BCUT2D eigenvalue weighted by molar-refractivity contribution is -0.274. The largest absolute Gasteiger partial charge is 0.573 e. The van der Waals surface area contributed by atoms with Gasteiger partial charge in [-0.2, -0.15) is 0 Å². The quantitative estimate of drug-likeness (QED) is 0.565. The fourth-order valence-corrected chi connectivity index (χ4v) is 2.25.